The summed E-state index contributed by atoms with van der Waals surface area (Å²) in [7, 11) is -3.77. The standard InChI is InChI=1S/C11H15ClN6O4S/c12-11-16-9(13)6-10(17-11)18(3-15-6)5-1-4(2-23(14,21)22)7(19)8(5)20/h3-5,7-8,19-20H,1-2H2,(H2,13,16,17)(H2,14,21,22)/t4-,5-,7-,8+/m1/s1. The number of halogens is 1. The molecule has 0 amide bonds. The van der Waals surface area contributed by atoms with E-state index in [2.05, 4.69) is 15.0 Å². The number of nitrogens with two attached hydrogens (primary N) is 2. The molecule has 1 aliphatic rings. The van der Waals surface area contributed by atoms with Gasteiger partial charge in [-0.15, -0.1) is 0 Å². The Morgan fingerprint density at radius 1 is 1.35 bits per heavy atom. The number of primary sulfonamides is 1. The van der Waals surface area contributed by atoms with Crippen LogP contribution in [0.25, 0.3) is 11.2 Å². The quantitative estimate of drug-likeness (QED) is 0.484. The van der Waals surface area contributed by atoms with Crippen molar-refractivity contribution in [1.82, 2.24) is 19.5 Å². The number of sulfonamides is 1. The first-order chi connectivity index (χ1) is 10.7. The normalized spacial score (nSPS) is 28.5. The predicted octanol–water partition coefficient (Wildman–Crippen LogP) is -1.37. The van der Waals surface area contributed by atoms with Gasteiger partial charge >= 0.3 is 0 Å². The average Bonchev–Trinajstić information content (AvgIpc) is 2.94. The molecule has 0 bridgehead atoms. The molecule has 0 aromatic carbocycles. The summed E-state index contributed by atoms with van der Waals surface area (Å²) in [5.74, 6) is -1.03. The minimum atomic E-state index is -3.77. The number of hydrogen-bond acceptors (Lipinski definition) is 8. The Kier molecular flexibility index (Phi) is 3.92. The third-order valence-electron chi connectivity index (χ3n) is 4.00. The summed E-state index contributed by atoms with van der Waals surface area (Å²) < 4.78 is 24.0. The second kappa shape index (κ2) is 5.53. The third-order valence-corrected chi connectivity index (χ3v) is 5.06. The zero-order valence-corrected chi connectivity index (χ0v) is 13.3. The van der Waals surface area contributed by atoms with Gasteiger partial charge in [0.1, 0.15) is 11.6 Å². The molecule has 6 N–H and O–H groups in total. The molecule has 2 aromatic heterocycles. The number of hydrogen-bond donors (Lipinski definition) is 4. The minimum Gasteiger partial charge on any atom is -0.390 e. The van der Waals surface area contributed by atoms with E-state index in [0.29, 0.717) is 11.2 Å². The van der Waals surface area contributed by atoms with E-state index in [4.69, 9.17) is 22.5 Å². The summed E-state index contributed by atoms with van der Waals surface area (Å²) in [5, 5.41) is 25.3. The number of aliphatic hydroxyl groups excluding tert-OH is 2. The number of anilines is 1. The van der Waals surface area contributed by atoms with E-state index >= 15 is 0 Å². The molecule has 12 heteroatoms. The molecule has 0 unspecified atom stereocenters. The molecule has 1 aliphatic carbocycles. The Morgan fingerprint density at radius 3 is 2.70 bits per heavy atom. The van der Waals surface area contributed by atoms with Crippen LogP contribution in [0, 0.1) is 5.92 Å². The number of fused-ring (bicyclic) bond motifs is 1. The highest BCUT2D eigenvalue weighted by Crippen LogP contribution is 2.37. The second-order valence-electron chi connectivity index (χ2n) is 5.58. The molecule has 0 radical (unpaired) electrons. The zero-order valence-electron chi connectivity index (χ0n) is 11.7. The van der Waals surface area contributed by atoms with Crippen molar-refractivity contribution >= 4 is 38.6 Å². The first-order valence-electron chi connectivity index (χ1n) is 6.69. The van der Waals surface area contributed by atoms with E-state index in [1.807, 2.05) is 0 Å². The summed E-state index contributed by atoms with van der Waals surface area (Å²) in [6.45, 7) is 0. The maximum atomic E-state index is 11.2. The Balaban J connectivity index is 1.99. The molecule has 1 fully saturated rings. The van der Waals surface area contributed by atoms with Crippen molar-refractivity contribution in [2.24, 2.45) is 11.1 Å². The van der Waals surface area contributed by atoms with Gasteiger partial charge in [-0.1, -0.05) is 0 Å². The van der Waals surface area contributed by atoms with Crippen LogP contribution < -0.4 is 10.9 Å². The van der Waals surface area contributed by atoms with Gasteiger partial charge in [0.15, 0.2) is 11.5 Å². The first kappa shape index (κ1) is 16.3. The van der Waals surface area contributed by atoms with Crippen molar-refractivity contribution < 1.29 is 18.6 Å². The van der Waals surface area contributed by atoms with Gasteiger partial charge in [-0.2, -0.15) is 9.97 Å². The van der Waals surface area contributed by atoms with Gasteiger partial charge in [0.05, 0.1) is 24.2 Å². The Morgan fingerprint density at radius 2 is 2.04 bits per heavy atom. The highest BCUT2D eigenvalue weighted by Gasteiger charge is 2.44. The molecular weight excluding hydrogens is 348 g/mol. The predicted molar refractivity (Wildman–Crippen MR) is 81.9 cm³/mol. The van der Waals surface area contributed by atoms with E-state index in [1.165, 1.54) is 10.9 Å². The van der Waals surface area contributed by atoms with Gasteiger partial charge in [0.25, 0.3) is 0 Å². The van der Waals surface area contributed by atoms with Crippen LogP contribution in [-0.2, 0) is 10.0 Å². The van der Waals surface area contributed by atoms with Crippen LogP contribution in [0.5, 0.6) is 0 Å². The number of imidazole rings is 1. The van der Waals surface area contributed by atoms with Gasteiger partial charge in [-0.3, -0.25) is 0 Å². The highest BCUT2D eigenvalue weighted by atomic mass is 35.5. The van der Waals surface area contributed by atoms with Gasteiger partial charge in [0.2, 0.25) is 15.3 Å². The van der Waals surface area contributed by atoms with Crippen molar-refractivity contribution in [1.29, 1.82) is 0 Å². The fourth-order valence-corrected chi connectivity index (χ4v) is 4.09. The topological polar surface area (TPSA) is 170 Å². The lowest BCUT2D eigenvalue weighted by atomic mass is 10.1. The molecule has 2 aromatic rings. The van der Waals surface area contributed by atoms with Crippen LogP contribution in [0.1, 0.15) is 12.5 Å². The summed E-state index contributed by atoms with van der Waals surface area (Å²) in [6.07, 6.45) is -0.850. The zero-order chi connectivity index (χ0) is 16.9. The Hall–Kier alpha value is -1.53. The molecule has 4 atom stereocenters. The number of rotatable bonds is 3. The van der Waals surface area contributed by atoms with E-state index < -0.39 is 39.9 Å². The fourth-order valence-electron chi connectivity index (χ4n) is 2.99. The van der Waals surface area contributed by atoms with Crippen molar-refractivity contribution in [2.75, 3.05) is 11.5 Å². The minimum absolute atomic E-state index is 0.0779. The molecule has 0 spiro atoms. The van der Waals surface area contributed by atoms with Gasteiger partial charge < -0.3 is 20.5 Å². The van der Waals surface area contributed by atoms with E-state index in [0.717, 1.165) is 0 Å². The van der Waals surface area contributed by atoms with Crippen molar-refractivity contribution in [2.45, 2.75) is 24.7 Å². The summed E-state index contributed by atoms with van der Waals surface area (Å²) >= 11 is 5.79. The van der Waals surface area contributed by atoms with Crippen molar-refractivity contribution in [3.63, 3.8) is 0 Å². The Labute approximate surface area is 136 Å². The number of aliphatic hydroxyl groups is 2. The number of aromatic nitrogens is 4. The maximum absolute atomic E-state index is 11.2. The van der Waals surface area contributed by atoms with Crippen molar-refractivity contribution in [3.05, 3.63) is 11.6 Å². The van der Waals surface area contributed by atoms with E-state index in [1.54, 1.807) is 0 Å². The van der Waals surface area contributed by atoms with Gasteiger partial charge in [0, 0.05) is 5.92 Å². The lowest BCUT2D eigenvalue weighted by Gasteiger charge is -2.18. The van der Waals surface area contributed by atoms with E-state index in [-0.39, 0.29) is 17.5 Å². The fraction of sp³-hybridized carbons (Fsp3) is 0.545. The molecule has 0 saturated heterocycles. The van der Waals surface area contributed by atoms with Crippen LogP contribution in [0.4, 0.5) is 5.82 Å². The lowest BCUT2D eigenvalue weighted by molar-refractivity contribution is 0.0101. The van der Waals surface area contributed by atoms with Gasteiger partial charge in [-0.05, 0) is 18.0 Å². The number of nitrogen functional groups attached to an aromatic ring is 1. The van der Waals surface area contributed by atoms with E-state index in [9.17, 15) is 18.6 Å². The molecule has 10 nitrogen and oxygen atoms in total. The molecule has 1 saturated carbocycles. The molecule has 126 valence electrons. The molecule has 2 heterocycles. The summed E-state index contributed by atoms with van der Waals surface area (Å²) in [5.41, 5.74) is 6.33. The molecule has 23 heavy (non-hydrogen) atoms. The third kappa shape index (κ3) is 2.97. The number of nitrogens with zero attached hydrogens (tertiary/aromatic N) is 4. The van der Waals surface area contributed by atoms with Crippen LogP contribution >= 0.6 is 11.6 Å². The average molecular weight is 363 g/mol. The van der Waals surface area contributed by atoms with Crippen LogP contribution in [0.2, 0.25) is 5.28 Å². The van der Waals surface area contributed by atoms with Gasteiger partial charge in [-0.25, -0.2) is 18.5 Å². The smallest absolute Gasteiger partial charge is 0.226 e. The molecular formula is C11H15ClN6O4S. The second-order valence-corrected chi connectivity index (χ2v) is 7.57. The monoisotopic (exact) mass is 362 g/mol. The van der Waals surface area contributed by atoms with Crippen LogP contribution in [-0.4, -0.2) is 56.1 Å². The lowest BCUT2D eigenvalue weighted by Crippen LogP contribution is -2.33. The van der Waals surface area contributed by atoms with Crippen LogP contribution in [0.3, 0.4) is 0 Å². The first-order valence-corrected chi connectivity index (χ1v) is 8.79. The maximum Gasteiger partial charge on any atom is 0.226 e. The summed E-state index contributed by atoms with van der Waals surface area (Å²) in [6, 6.07) is -0.632. The van der Waals surface area contributed by atoms with Crippen LogP contribution in [0.15, 0.2) is 6.33 Å². The summed E-state index contributed by atoms with van der Waals surface area (Å²) in [4.78, 5) is 11.9. The SMILES string of the molecule is Nc1nc(Cl)nc2c1ncn2[C@@H]1C[C@H](CS(N)(=O)=O)[C@@H](O)[C@H]1O. The largest absolute Gasteiger partial charge is 0.390 e. The van der Waals surface area contributed by atoms with Crippen molar-refractivity contribution in [3.8, 4) is 0 Å². The molecule has 3 rings (SSSR count). The molecule has 0 aliphatic heterocycles. The Bertz CT molecular complexity index is 856. The highest BCUT2D eigenvalue weighted by molar-refractivity contribution is 7.89.